The van der Waals surface area contributed by atoms with Crippen molar-refractivity contribution >= 4 is 23.7 Å². The predicted octanol–water partition coefficient (Wildman–Crippen LogP) is 2.41. The van der Waals surface area contributed by atoms with E-state index >= 15 is 0 Å². The number of halogens is 1. The van der Waals surface area contributed by atoms with Crippen LogP contribution >= 0.6 is 11.6 Å². The van der Waals surface area contributed by atoms with Crippen LogP contribution in [0.3, 0.4) is 0 Å². The minimum Gasteiger partial charge on any atom is -0.503 e. The number of benzene rings is 1. The zero-order valence-electron chi connectivity index (χ0n) is 10.5. The van der Waals surface area contributed by atoms with Crippen LogP contribution in [0, 0.1) is 0 Å². The molecule has 7 heteroatoms. The molecule has 104 valence electrons. The molecule has 1 heterocycles. The summed E-state index contributed by atoms with van der Waals surface area (Å²) in [6.45, 7) is 0. The number of hydrogen-bond donors (Lipinski definition) is 2. The highest BCUT2D eigenvalue weighted by Crippen LogP contribution is 2.34. The van der Waals surface area contributed by atoms with Crippen molar-refractivity contribution in [1.82, 2.24) is 5.43 Å². The molecule has 2 N–H and O–H groups in total. The normalized spacial score (nSPS) is 10.7. The summed E-state index contributed by atoms with van der Waals surface area (Å²) >= 11 is 5.83. The van der Waals surface area contributed by atoms with Crippen LogP contribution in [0.25, 0.3) is 0 Å². The molecule has 2 rings (SSSR count). The average Bonchev–Trinajstić information content (AvgIpc) is 2.96. The van der Waals surface area contributed by atoms with Crippen LogP contribution in [0.4, 0.5) is 0 Å². The van der Waals surface area contributed by atoms with Gasteiger partial charge in [-0.25, -0.2) is 5.43 Å². The first-order valence-electron chi connectivity index (χ1n) is 5.55. The molecular weight excluding hydrogens is 284 g/mol. The molecule has 1 amide bonds. The van der Waals surface area contributed by atoms with Gasteiger partial charge in [0.15, 0.2) is 17.3 Å². The molecule has 0 aliphatic carbocycles. The Morgan fingerprint density at radius 3 is 3.00 bits per heavy atom. The monoisotopic (exact) mass is 294 g/mol. The maximum absolute atomic E-state index is 11.5. The molecule has 0 fully saturated rings. The maximum Gasteiger partial charge on any atom is 0.307 e. The van der Waals surface area contributed by atoms with Crippen molar-refractivity contribution < 1.29 is 19.1 Å². The van der Waals surface area contributed by atoms with Gasteiger partial charge in [-0.1, -0.05) is 11.6 Å². The van der Waals surface area contributed by atoms with Crippen LogP contribution in [-0.4, -0.2) is 24.3 Å². The summed E-state index contributed by atoms with van der Waals surface area (Å²) in [7, 11) is 1.41. The van der Waals surface area contributed by atoms with Gasteiger partial charge in [0.1, 0.15) is 0 Å². The van der Waals surface area contributed by atoms with Crippen molar-refractivity contribution in [3.05, 3.63) is 46.9 Å². The predicted molar refractivity (Wildman–Crippen MR) is 73.4 cm³/mol. The van der Waals surface area contributed by atoms with Crippen molar-refractivity contribution in [2.45, 2.75) is 0 Å². The molecule has 6 nitrogen and oxygen atoms in total. The third kappa shape index (κ3) is 3.10. The first-order chi connectivity index (χ1) is 9.61. The Bertz CT molecular complexity index is 638. The van der Waals surface area contributed by atoms with Gasteiger partial charge in [0.2, 0.25) is 0 Å². The van der Waals surface area contributed by atoms with Gasteiger partial charge in [0.05, 0.1) is 24.6 Å². The van der Waals surface area contributed by atoms with Gasteiger partial charge in [-0.15, -0.1) is 0 Å². The summed E-state index contributed by atoms with van der Waals surface area (Å²) in [5.74, 6) is -0.242. The fourth-order valence-electron chi connectivity index (χ4n) is 1.45. The Hall–Kier alpha value is -2.47. The second-order valence-corrected chi connectivity index (χ2v) is 4.14. The number of methoxy groups -OCH3 is 1. The molecule has 2 aromatic rings. The summed E-state index contributed by atoms with van der Waals surface area (Å²) in [5.41, 5.74) is 2.86. The SMILES string of the molecule is COc1cc(/C=N\NC(=O)c2ccco2)cc(Cl)c1O. The molecule has 0 unspecified atom stereocenters. The number of hydrogen-bond acceptors (Lipinski definition) is 5. The Morgan fingerprint density at radius 2 is 2.35 bits per heavy atom. The summed E-state index contributed by atoms with van der Waals surface area (Å²) in [4.78, 5) is 11.5. The van der Waals surface area contributed by atoms with E-state index < -0.39 is 5.91 Å². The van der Waals surface area contributed by atoms with E-state index in [1.165, 1.54) is 37.8 Å². The molecule has 1 aromatic heterocycles. The maximum atomic E-state index is 11.5. The van der Waals surface area contributed by atoms with E-state index in [2.05, 4.69) is 10.5 Å². The second kappa shape index (κ2) is 6.12. The quantitative estimate of drug-likeness (QED) is 0.670. The number of rotatable bonds is 4. The van der Waals surface area contributed by atoms with Gasteiger partial charge in [-0.2, -0.15) is 5.10 Å². The molecule has 0 atom stereocenters. The van der Waals surface area contributed by atoms with Crippen LogP contribution in [0.2, 0.25) is 5.02 Å². The molecule has 0 aliphatic rings. The Labute approximate surface area is 119 Å². The fourth-order valence-corrected chi connectivity index (χ4v) is 1.67. The van der Waals surface area contributed by atoms with Crippen molar-refractivity contribution in [1.29, 1.82) is 0 Å². The largest absolute Gasteiger partial charge is 0.503 e. The summed E-state index contributed by atoms with van der Waals surface area (Å²) < 4.78 is 9.86. The van der Waals surface area contributed by atoms with E-state index in [0.29, 0.717) is 5.56 Å². The lowest BCUT2D eigenvalue weighted by Crippen LogP contribution is -2.16. The average molecular weight is 295 g/mol. The van der Waals surface area contributed by atoms with Gasteiger partial charge < -0.3 is 14.3 Å². The molecule has 0 aliphatic heterocycles. The van der Waals surface area contributed by atoms with Crippen LogP contribution in [-0.2, 0) is 0 Å². The van der Waals surface area contributed by atoms with E-state index in [0.717, 1.165) is 0 Å². The van der Waals surface area contributed by atoms with Gasteiger partial charge in [0.25, 0.3) is 0 Å². The highest BCUT2D eigenvalue weighted by atomic mass is 35.5. The topological polar surface area (TPSA) is 84.1 Å². The first-order valence-corrected chi connectivity index (χ1v) is 5.93. The van der Waals surface area contributed by atoms with Crippen LogP contribution in [0.5, 0.6) is 11.5 Å². The van der Waals surface area contributed by atoms with Gasteiger partial charge in [-0.3, -0.25) is 4.79 Å². The fraction of sp³-hybridized carbons (Fsp3) is 0.0769. The minimum absolute atomic E-state index is 0.128. The molecule has 0 spiro atoms. The molecule has 0 saturated heterocycles. The number of hydrazone groups is 1. The Morgan fingerprint density at radius 1 is 1.55 bits per heavy atom. The molecule has 0 radical (unpaired) electrons. The third-order valence-corrected chi connectivity index (χ3v) is 2.68. The number of nitrogens with zero attached hydrogens (tertiary/aromatic N) is 1. The lowest BCUT2D eigenvalue weighted by Gasteiger charge is -2.05. The lowest BCUT2D eigenvalue weighted by atomic mass is 10.2. The lowest BCUT2D eigenvalue weighted by molar-refractivity contribution is 0.0927. The zero-order chi connectivity index (χ0) is 14.5. The highest BCUT2D eigenvalue weighted by molar-refractivity contribution is 6.32. The zero-order valence-corrected chi connectivity index (χ0v) is 11.2. The van der Waals surface area contributed by atoms with Crippen molar-refractivity contribution in [3.63, 3.8) is 0 Å². The molecule has 20 heavy (non-hydrogen) atoms. The van der Waals surface area contributed by atoms with Crippen LogP contribution in [0.1, 0.15) is 16.1 Å². The smallest absolute Gasteiger partial charge is 0.307 e. The number of ether oxygens (including phenoxy) is 1. The summed E-state index contributed by atoms with van der Waals surface area (Å²) in [5, 5.41) is 13.5. The molecule has 0 saturated carbocycles. The Kier molecular flexibility index (Phi) is 4.27. The minimum atomic E-state index is -0.469. The number of phenolic OH excluding ortho intramolecular Hbond substituents is 1. The molecule has 0 bridgehead atoms. The number of nitrogens with one attached hydrogen (secondary N) is 1. The summed E-state index contributed by atoms with van der Waals surface area (Å²) in [6.07, 6.45) is 2.76. The van der Waals surface area contributed by atoms with Crippen molar-refractivity contribution in [2.24, 2.45) is 5.10 Å². The van der Waals surface area contributed by atoms with Gasteiger partial charge in [0, 0.05) is 0 Å². The van der Waals surface area contributed by atoms with E-state index in [-0.39, 0.29) is 22.3 Å². The number of aromatic hydroxyl groups is 1. The Balaban J connectivity index is 2.08. The van der Waals surface area contributed by atoms with Crippen LogP contribution in [0.15, 0.2) is 40.0 Å². The molecular formula is C13H11ClN2O4. The second-order valence-electron chi connectivity index (χ2n) is 3.73. The number of amides is 1. The highest BCUT2D eigenvalue weighted by Gasteiger charge is 2.08. The van der Waals surface area contributed by atoms with E-state index in [9.17, 15) is 9.90 Å². The number of phenols is 1. The number of furan rings is 1. The van der Waals surface area contributed by atoms with E-state index in [4.69, 9.17) is 20.8 Å². The standard InChI is InChI=1S/C13H11ClN2O4/c1-19-11-6-8(5-9(14)12(11)17)7-15-16-13(18)10-3-2-4-20-10/h2-7,17H,1H3,(H,16,18)/b15-7-. The van der Waals surface area contributed by atoms with Crippen molar-refractivity contribution in [2.75, 3.05) is 7.11 Å². The van der Waals surface area contributed by atoms with Crippen LogP contribution < -0.4 is 10.2 Å². The van der Waals surface area contributed by atoms with Gasteiger partial charge >= 0.3 is 5.91 Å². The summed E-state index contributed by atoms with van der Waals surface area (Å²) in [6, 6.07) is 6.14. The number of carbonyl (C=O) groups is 1. The van der Waals surface area contributed by atoms with E-state index in [1.54, 1.807) is 6.07 Å². The molecule has 1 aromatic carbocycles. The third-order valence-electron chi connectivity index (χ3n) is 2.40. The van der Waals surface area contributed by atoms with E-state index in [1.807, 2.05) is 0 Å². The van der Waals surface area contributed by atoms with Gasteiger partial charge in [-0.05, 0) is 29.8 Å². The number of carbonyl (C=O) groups excluding carboxylic acids is 1. The van der Waals surface area contributed by atoms with Crippen molar-refractivity contribution in [3.8, 4) is 11.5 Å². The first kappa shape index (κ1) is 14.0.